The molecule has 1 fully saturated rings. The second kappa shape index (κ2) is 7.07. The Morgan fingerprint density at radius 2 is 1.86 bits per heavy atom. The molecule has 3 aromatic rings. The molecule has 0 radical (unpaired) electrons. The highest BCUT2D eigenvalue weighted by atomic mass is 16.2. The fourth-order valence-electron chi connectivity index (χ4n) is 4.09. The standard InChI is InChI=1S/C21H22N6O/c28-21(27-18(8-11-23-27)16-4-2-1-3-5-16)17-9-13-25(14-10-17)20-7-6-19-22-12-15-26(19)24-20/h1-7,11-12,15,17-18H,8-10,13-14H2. The molecule has 28 heavy (non-hydrogen) atoms. The number of hydrazone groups is 1. The number of imidazole rings is 1. The van der Waals surface area contributed by atoms with Crippen molar-refractivity contribution in [3.05, 3.63) is 60.4 Å². The van der Waals surface area contributed by atoms with Crippen LogP contribution in [0, 0.1) is 5.92 Å². The van der Waals surface area contributed by atoms with Gasteiger partial charge < -0.3 is 4.90 Å². The maximum atomic E-state index is 13.1. The second-order valence-corrected chi connectivity index (χ2v) is 7.33. The lowest BCUT2D eigenvalue weighted by atomic mass is 9.94. The summed E-state index contributed by atoms with van der Waals surface area (Å²) in [7, 11) is 0. The smallest absolute Gasteiger partial charge is 0.246 e. The number of carbonyl (C=O) groups is 1. The van der Waals surface area contributed by atoms with Crippen LogP contribution in [0.1, 0.15) is 30.9 Å². The molecule has 0 N–H and O–H groups in total. The van der Waals surface area contributed by atoms with Crippen LogP contribution in [-0.4, -0.2) is 44.8 Å². The quantitative estimate of drug-likeness (QED) is 0.707. The van der Waals surface area contributed by atoms with Crippen LogP contribution in [0.5, 0.6) is 0 Å². The highest BCUT2D eigenvalue weighted by molar-refractivity contribution is 5.82. The van der Waals surface area contributed by atoms with Gasteiger partial charge in [0.1, 0.15) is 5.82 Å². The van der Waals surface area contributed by atoms with Crippen LogP contribution in [0.3, 0.4) is 0 Å². The second-order valence-electron chi connectivity index (χ2n) is 7.33. The Hall–Kier alpha value is -3.22. The summed E-state index contributed by atoms with van der Waals surface area (Å²) in [6.07, 6.45) is 7.87. The summed E-state index contributed by atoms with van der Waals surface area (Å²) in [6.45, 7) is 1.63. The summed E-state index contributed by atoms with van der Waals surface area (Å²) in [6, 6.07) is 14.2. The molecule has 142 valence electrons. The fraction of sp³-hybridized carbons (Fsp3) is 0.333. The van der Waals surface area contributed by atoms with Crippen LogP contribution in [0.2, 0.25) is 0 Å². The van der Waals surface area contributed by atoms with Gasteiger partial charge in [-0.25, -0.2) is 14.5 Å². The molecule has 1 unspecified atom stereocenters. The molecule has 2 aliphatic heterocycles. The summed E-state index contributed by atoms with van der Waals surface area (Å²) in [5, 5.41) is 10.7. The molecule has 1 aromatic carbocycles. The third-order valence-electron chi connectivity index (χ3n) is 5.65. The SMILES string of the molecule is O=C(C1CCN(c2ccc3nccn3n2)CC1)N1N=CCC1c1ccccc1. The van der Waals surface area contributed by atoms with Crippen molar-refractivity contribution in [2.45, 2.75) is 25.3 Å². The van der Waals surface area contributed by atoms with Gasteiger partial charge in [0.25, 0.3) is 0 Å². The zero-order valence-corrected chi connectivity index (χ0v) is 15.6. The number of hydrogen-bond donors (Lipinski definition) is 0. The van der Waals surface area contributed by atoms with Gasteiger partial charge in [0.05, 0.1) is 6.04 Å². The normalized spacial score (nSPS) is 20.2. The maximum Gasteiger partial charge on any atom is 0.246 e. The number of nitrogens with zero attached hydrogens (tertiary/aromatic N) is 6. The van der Waals surface area contributed by atoms with Crippen molar-refractivity contribution < 1.29 is 4.79 Å². The van der Waals surface area contributed by atoms with Gasteiger partial charge in [-0.15, -0.1) is 5.10 Å². The summed E-state index contributed by atoms with van der Waals surface area (Å²) < 4.78 is 1.79. The molecule has 1 saturated heterocycles. The van der Waals surface area contributed by atoms with Gasteiger partial charge in [-0.2, -0.15) is 5.10 Å². The maximum absolute atomic E-state index is 13.1. The first kappa shape index (κ1) is 16.9. The summed E-state index contributed by atoms with van der Waals surface area (Å²) in [4.78, 5) is 19.6. The Kier molecular flexibility index (Phi) is 4.27. The molecule has 5 rings (SSSR count). The number of hydrogen-bond acceptors (Lipinski definition) is 5. The molecule has 7 heteroatoms. The van der Waals surface area contributed by atoms with Gasteiger partial charge in [-0.3, -0.25) is 4.79 Å². The first-order valence-electron chi connectivity index (χ1n) is 9.75. The van der Waals surface area contributed by atoms with E-state index in [9.17, 15) is 4.79 Å². The highest BCUT2D eigenvalue weighted by Crippen LogP contribution is 2.32. The van der Waals surface area contributed by atoms with Crippen molar-refractivity contribution in [3.8, 4) is 0 Å². The number of benzene rings is 1. The third-order valence-corrected chi connectivity index (χ3v) is 5.65. The molecular weight excluding hydrogens is 352 g/mol. The van der Waals surface area contributed by atoms with E-state index < -0.39 is 0 Å². The van der Waals surface area contributed by atoms with Gasteiger partial charge >= 0.3 is 0 Å². The van der Waals surface area contributed by atoms with Crippen LogP contribution >= 0.6 is 0 Å². The molecule has 0 spiro atoms. The average Bonchev–Trinajstić information content (AvgIpc) is 3.43. The lowest BCUT2D eigenvalue weighted by Crippen LogP contribution is -2.41. The van der Waals surface area contributed by atoms with E-state index in [0.29, 0.717) is 0 Å². The number of carbonyl (C=O) groups excluding carboxylic acids is 1. The Morgan fingerprint density at radius 1 is 1.04 bits per heavy atom. The lowest BCUT2D eigenvalue weighted by molar-refractivity contribution is -0.138. The highest BCUT2D eigenvalue weighted by Gasteiger charge is 2.34. The van der Waals surface area contributed by atoms with E-state index in [4.69, 9.17) is 0 Å². The van der Waals surface area contributed by atoms with Crippen molar-refractivity contribution >= 4 is 23.6 Å². The topological polar surface area (TPSA) is 66.1 Å². The number of aromatic nitrogens is 3. The molecule has 0 saturated carbocycles. The zero-order chi connectivity index (χ0) is 18.9. The van der Waals surface area contributed by atoms with E-state index in [-0.39, 0.29) is 17.9 Å². The molecule has 0 aliphatic carbocycles. The summed E-state index contributed by atoms with van der Waals surface area (Å²) in [5.74, 6) is 1.08. The minimum atomic E-state index is 0.00897. The van der Waals surface area contributed by atoms with Gasteiger partial charge in [-0.1, -0.05) is 30.3 Å². The largest absolute Gasteiger partial charge is 0.355 e. The Morgan fingerprint density at radius 3 is 2.68 bits per heavy atom. The van der Waals surface area contributed by atoms with Crippen LogP contribution in [-0.2, 0) is 4.79 Å². The van der Waals surface area contributed by atoms with E-state index >= 15 is 0 Å². The minimum Gasteiger partial charge on any atom is -0.355 e. The lowest BCUT2D eigenvalue weighted by Gasteiger charge is -2.34. The van der Waals surface area contributed by atoms with Crippen LogP contribution in [0.25, 0.3) is 5.65 Å². The van der Waals surface area contributed by atoms with E-state index in [1.807, 2.05) is 42.7 Å². The van der Waals surface area contributed by atoms with Crippen molar-refractivity contribution in [1.82, 2.24) is 19.6 Å². The summed E-state index contributed by atoms with van der Waals surface area (Å²) >= 11 is 0. The van der Waals surface area contributed by atoms with Crippen LogP contribution < -0.4 is 4.90 Å². The van der Waals surface area contributed by atoms with Gasteiger partial charge in [-0.05, 0) is 30.5 Å². The minimum absolute atomic E-state index is 0.00897. The van der Waals surface area contributed by atoms with E-state index in [2.05, 4.69) is 32.2 Å². The number of anilines is 1. The molecule has 1 amide bonds. The third kappa shape index (κ3) is 3.02. The molecular formula is C21H22N6O. The number of fused-ring (bicyclic) bond motifs is 1. The van der Waals surface area contributed by atoms with E-state index in [1.54, 1.807) is 15.7 Å². The first-order valence-corrected chi connectivity index (χ1v) is 9.75. The van der Waals surface area contributed by atoms with Gasteiger partial charge in [0, 0.05) is 44.0 Å². The molecule has 2 aliphatic rings. The van der Waals surface area contributed by atoms with Crippen molar-refractivity contribution in [2.75, 3.05) is 18.0 Å². The molecule has 7 nitrogen and oxygen atoms in total. The molecule has 1 atom stereocenters. The zero-order valence-electron chi connectivity index (χ0n) is 15.6. The van der Waals surface area contributed by atoms with Crippen molar-refractivity contribution in [1.29, 1.82) is 0 Å². The molecule has 4 heterocycles. The van der Waals surface area contributed by atoms with E-state index in [1.165, 1.54) is 0 Å². The van der Waals surface area contributed by atoms with Crippen LogP contribution in [0.4, 0.5) is 5.82 Å². The Balaban J connectivity index is 1.26. The summed E-state index contributed by atoms with van der Waals surface area (Å²) in [5.41, 5.74) is 1.98. The predicted molar refractivity (Wildman–Crippen MR) is 107 cm³/mol. The average molecular weight is 374 g/mol. The monoisotopic (exact) mass is 374 g/mol. The van der Waals surface area contributed by atoms with Crippen LogP contribution in [0.15, 0.2) is 60.0 Å². The fourth-order valence-corrected chi connectivity index (χ4v) is 4.09. The Labute approximate surface area is 163 Å². The predicted octanol–water partition coefficient (Wildman–Crippen LogP) is 2.91. The molecule has 2 aromatic heterocycles. The van der Waals surface area contributed by atoms with Gasteiger partial charge in [0.2, 0.25) is 5.91 Å². The Bertz CT molecular complexity index is 1010. The van der Waals surface area contributed by atoms with E-state index in [0.717, 1.165) is 49.4 Å². The van der Waals surface area contributed by atoms with Crippen molar-refractivity contribution in [3.63, 3.8) is 0 Å². The number of amides is 1. The van der Waals surface area contributed by atoms with Gasteiger partial charge in [0.15, 0.2) is 5.65 Å². The molecule has 0 bridgehead atoms. The number of piperidine rings is 1. The first-order chi connectivity index (χ1) is 13.8. The van der Waals surface area contributed by atoms with Crippen molar-refractivity contribution in [2.24, 2.45) is 11.0 Å². The number of rotatable bonds is 3.